The zero-order chi connectivity index (χ0) is 13.1. The highest BCUT2D eigenvalue weighted by atomic mass is 32.2. The molecule has 1 aromatic rings. The van der Waals surface area contributed by atoms with E-state index < -0.39 is 11.6 Å². The Labute approximate surface area is 104 Å². The molecule has 0 aromatic heterocycles. The number of rotatable bonds is 3. The van der Waals surface area contributed by atoms with Gasteiger partial charge in [-0.05, 0) is 32.9 Å². The van der Waals surface area contributed by atoms with E-state index in [0.717, 1.165) is 6.07 Å². The summed E-state index contributed by atoms with van der Waals surface area (Å²) in [4.78, 5) is 0. The van der Waals surface area contributed by atoms with Gasteiger partial charge in [-0.25, -0.2) is 8.78 Å². The molecule has 0 aliphatic rings. The van der Waals surface area contributed by atoms with E-state index in [1.165, 1.54) is 18.0 Å². The van der Waals surface area contributed by atoms with Gasteiger partial charge >= 0.3 is 0 Å². The smallest absolute Gasteiger partial charge is 0.162 e. The van der Waals surface area contributed by atoms with Crippen LogP contribution in [0, 0.1) is 23.0 Å². The van der Waals surface area contributed by atoms with Gasteiger partial charge in [-0.3, -0.25) is 4.72 Å². The van der Waals surface area contributed by atoms with Gasteiger partial charge in [0.15, 0.2) is 11.6 Å². The van der Waals surface area contributed by atoms with Gasteiger partial charge in [0.1, 0.15) is 0 Å². The van der Waals surface area contributed by atoms with Gasteiger partial charge in [-0.15, -0.1) is 0 Å². The molecule has 0 spiro atoms. The Kier molecular flexibility index (Phi) is 4.49. The average Bonchev–Trinajstić information content (AvgIpc) is 2.22. The fourth-order valence-electron chi connectivity index (χ4n) is 1.15. The van der Waals surface area contributed by atoms with Crippen LogP contribution in [0.2, 0.25) is 0 Å². The maximum Gasteiger partial charge on any atom is 0.162 e. The zero-order valence-corrected chi connectivity index (χ0v) is 10.8. The molecule has 0 saturated carbocycles. The topological polar surface area (TPSA) is 35.8 Å². The lowest BCUT2D eigenvalue weighted by molar-refractivity contribution is 0.501. The Morgan fingerprint density at radius 2 is 2.00 bits per heavy atom. The summed E-state index contributed by atoms with van der Waals surface area (Å²) >= 11 is 1.29. The molecule has 0 aliphatic heterocycles. The number of halogens is 2. The maximum absolute atomic E-state index is 13.4. The first-order valence-electron chi connectivity index (χ1n) is 5.10. The molecule has 1 N–H and O–H groups in total. The highest BCUT2D eigenvalue weighted by molar-refractivity contribution is 7.96. The minimum Gasteiger partial charge on any atom is -0.259 e. The molecular formula is C12H14F2N2S. The van der Waals surface area contributed by atoms with Crippen molar-refractivity contribution in [2.45, 2.75) is 32.1 Å². The lowest BCUT2D eigenvalue weighted by Crippen LogP contribution is -2.30. The Balaban J connectivity index is 2.78. The van der Waals surface area contributed by atoms with Crippen molar-refractivity contribution in [1.82, 2.24) is 4.72 Å². The van der Waals surface area contributed by atoms with Crippen molar-refractivity contribution in [3.05, 3.63) is 34.9 Å². The Morgan fingerprint density at radius 1 is 1.35 bits per heavy atom. The van der Waals surface area contributed by atoms with E-state index in [1.54, 1.807) is 6.07 Å². The van der Waals surface area contributed by atoms with Gasteiger partial charge in [0, 0.05) is 16.9 Å². The number of nitrogens with zero attached hydrogens (tertiary/aromatic N) is 1. The number of hydrogen-bond donors (Lipinski definition) is 1. The molecule has 0 aliphatic carbocycles. The van der Waals surface area contributed by atoms with Crippen LogP contribution in [0.15, 0.2) is 12.1 Å². The third-order valence-corrected chi connectivity index (χ3v) is 3.05. The maximum atomic E-state index is 13.4. The van der Waals surface area contributed by atoms with Crippen molar-refractivity contribution in [1.29, 1.82) is 5.26 Å². The van der Waals surface area contributed by atoms with Gasteiger partial charge in [0.2, 0.25) is 0 Å². The van der Waals surface area contributed by atoms with E-state index in [4.69, 9.17) is 5.26 Å². The standard InChI is InChI=1S/C12H14F2N2S/c1-12(2,3)16-17-7-9-4-8(6-15)5-10(13)11(9)14/h4-5,16H,7H2,1-3H3. The van der Waals surface area contributed by atoms with Gasteiger partial charge in [0.25, 0.3) is 0 Å². The predicted molar refractivity (Wildman–Crippen MR) is 65.3 cm³/mol. The van der Waals surface area contributed by atoms with Crippen LogP contribution in [0.3, 0.4) is 0 Å². The number of hydrogen-bond acceptors (Lipinski definition) is 3. The predicted octanol–water partition coefficient (Wildman–Crippen LogP) is 3.37. The van der Waals surface area contributed by atoms with Crippen LogP contribution < -0.4 is 4.72 Å². The number of nitrogens with one attached hydrogen (secondary N) is 1. The molecule has 1 aromatic carbocycles. The molecule has 92 valence electrons. The van der Waals surface area contributed by atoms with Crippen LogP contribution in [0.4, 0.5) is 8.78 Å². The molecule has 0 heterocycles. The molecule has 0 unspecified atom stereocenters. The SMILES string of the molecule is CC(C)(C)NSCc1cc(C#N)cc(F)c1F. The second kappa shape index (κ2) is 5.48. The molecule has 0 bridgehead atoms. The lowest BCUT2D eigenvalue weighted by atomic mass is 10.1. The molecule has 17 heavy (non-hydrogen) atoms. The first-order valence-corrected chi connectivity index (χ1v) is 6.09. The van der Waals surface area contributed by atoms with Crippen molar-refractivity contribution >= 4 is 11.9 Å². The van der Waals surface area contributed by atoms with E-state index in [1.807, 2.05) is 20.8 Å². The monoisotopic (exact) mass is 256 g/mol. The molecule has 2 nitrogen and oxygen atoms in total. The molecule has 0 radical (unpaired) electrons. The summed E-state index contributed by atoms with van der Waals surface area (Å²) in [5.74, 6) is -1.59. The summed E-state index contributed by atoms with van der Waals surface area (Å²) in [6.45, 7) is 5.92. The second-order valence-corrected chi connectivity index (χ2v) is 5.47. The summed E-state index contributed by atoms with van der Waals surface area (Å²) in [6, 6.07) is 4.08. The quantitative estimate of drug-likeness (QED) is 0.842. The largest absolute Gasteiger partial charge is 0.259 e. The fourth-order valence-corrected chi connectivity index (χ4v) is 2.02. The van der Waals surface area contributed by atoms with Crippen LogP contribution in [-0.4, -0.2) is 5.54 Å². The second-order valence-electron chi connectivity index (χ2n) is 4.68. The fraction of sp³-hybridized carbons (Fsp3) is 0.417. The Bertz CT molecular complexity index is 447. The van der Waals surface area contributed by atoms with Gasteiger partial charge < -0.3 is 0 Å². The van der Waals surface area contributed by atoms with E-state index in [0.29, 0.717) is 0 Å². The summed E-state index contributed by atoms with van der Waals surface area (Å²) in [5.41, 5.74) is 0.227. The van der Waals surface area contributed by atoms with Crippen LogP contribution in [-0.2, 0) is 5.75 Å². The molecule has 0 saturated heterocycles. The summed E-state index contributed by atoms with van der Waals surface area (Å²) in [5, 5.41) is 8.67. The molecule has 0 atom stereocenters. The van der Waals surface area contributed by atoms with Crippen LogP contribution in [0.5, 0.6) is 0 Å². The van der Waals surface area contributed by atoms with Gasteiger partial charge in [0.05, 0.1) is 11.6 Å². The minimum atomic E-state index is -0.976. The summed E-state index contributed by atoms with van der Waals surface area (Å²) in [7, 11) is 0. The molecule has 0 amide bonds. The number of benzene rings is 1. The van der Waals surface area contributed by atoms with Crippen molar-refractivity contribution in [2.24, 2.45) is 0 Å². The lowest BCUT2D eigenvalue weighted by Gasteiger charge is -2.19. The molecule has 5 heteroatoms. The summed E-state index contributed by atoms with van der Waals surface area (Å²) in [6.07, 6.45) is 0. The van der Waals surface area contributed by atoms with Crippen LogP contribution in [0.25, 0.3) is 0 Å². The number of nitriles is 1. The highest BCUT2D eigenvalue weighted by Gasteiger charge is 2.13. The van der Waals surface area contributed by atoms with E-state index in [2.05, 4.69) is 4.72 Å². The Hall–Kier alpha value is -1.12. The Morgan fingerprint density at radius 3 is 2.53 bits per heavy atom. The van der Waals surface area contributed by atoms with Crippen molar-refractivity contribution in [2.75, 3.05) is 0 Å². The summed E-state index contributed by atoms with van der Waals surface area (Å²) < 4.78 is 29.6. The van der Waals surface area contributed by atoms with Crippen molar-refractivity contribution in [3.63, 3.8) is 0 Å². The first-order chi connectivity index (χ1) is 7.83. The van der Waals surface area contributed by atoms with Crippen LogP contribution >= 0.6 is 11.9 Å². The van der Waals surface area contributed by atoms with E-state index >= 15 is 0 Å². The zero-order valence-electron chi connectivity index (χ0n) is 9.97. The third-order valence-electron chi connectivity index (χ3n) is 1.84. The van der Waals surface area contributed by atoms with Crippen molar-refractivity contribution in [3.8, 4) is 6.07 Å². The third kappa shape index (κ3) is 4.33. The molecule has 1 rings (SSSR count). The van der Waals surface area contributed by atoms with E-state index in [-0.39, 0.29) is 22.4 Å². The highest BCUT2D eigenvalue weighted by Crippen LogP contribution is 2.20. The molecular weight excluding hydrogens is 242 g/mol. The first kappa shape index (κ1) is 13.9. The average molecular weight is 256 g/mol. The van der Waals surface area contributed by atoms with E-state index in [9.17, 15) is 8.78 Å². The van der Waals surface area contributed by atoms with Crippen molar-refractivity contribution < 1.29 is 8.78 Å². The normalized spacial score (nSPS) is 11.3. The van der Waals surface area contributed by atoms with Gasteiger partial charge in [-0.2, -0.15) is 5.26 Å². The van der Waals surface area contributed by atoms with Crippen LogP contribution in [0.1, 0.15) is 31.9 Å². The minimum absolute atomic E-state index is 0.105. The van der Waals surface area contributed by atoms with Gasteiger partial charge in [-0.1, -0.05) is 11.9 Å². The molecule has 0 fully saturated rings.